The van der Waals surface area contributed by atoms with Crippen molar-refractivity contribution in [3.05, 3.63) is 77.7 Å². The zero-order chi connectivity index (χ0) is 14.2. The number of hydrogen-bond acceptors (Lipinski definition) is 2. The fraction of sp³-hybridized carbons (Fsp3) is 0.118. The minimum absolute atomic E-state index is 0.360. The number of aliphatic hydroxyl groups is 1. The molecular formula is C17H14FNO. The molecule has 0 bridgehead atoms. The van der Waals surface area contributed by atoms with Gasteiger partial charge in [0.25, 0.3) is 0 Å². The van der Waals surface area contributed by atoms with E-state index < -0.39 is 5.60 Å². The van der Waals surface area contributed by atoms with Gasteiger partial charge < -0.3 is 5.11 Å². The van der Waals surface area contributed by atoms with Gasteiger partial charge in [-0.2, -0.15) is 0 Å². The second-order valence-electron chi connectivity index (χ2n) is 4.99. The van der Waals surface area contributed by atoms with E-state index in [1.165, 1.54) is 12.1 Å². The van der Waals surface area contributed by atoms with Gasteiger partial charge in [0, 0.05) is 11.6 Å². The molecule has 100 valence electrons. The van der Waals surface area contributed by atoms with E-state index in [1.54, 1.807) is 25.3 Å². The van der Waals surface area contributed by atoms with E-state index in [0.29, 0.717) is 11.1 Å². The van der Waals surface area contributed by atoms with Crippen molar-refractivity contribution in [3.8, 4) is 0 Å². The molecule has 0 amide bonds. The Balaban J connectivity index is 2.13. The average molecular weight is 267 g/mol. The molecule has 2 nitrogen and oxygen atoms in total. The van der Waals surface area contributed by atoms with Crippen molar-refractivity contribution in [2.24, 2.45) is 0 Å². The first kappa shape index (κ1) is 12.8. The molecule has 3 heteroatoms. The van der Waals surface area contributed by atoms with Crippen LogP contribution in [0.3, 0.4) is 0 Å². The Morgan fingerprint density at radius 2 is 1.80 bits per heavy atom. The number of halogens is 1. The highest BCUT2D eigenvalue weighted by molar-refractivity contribution is 5.79. The molecule has 1 aromatic heterocycles. The number of benzene rings is 2. The lowest BCUT2D eigenvalue weighted by molar-refractivity contribution is 0.102. The maximum Gasteiger partial charge on any atom is 0.123 e. The summed E-state index contributed by atoms with van der Waals surface area (Å²) < 4.78 is 13.3. The molecular weight excluding hydrogens is 253 g/mol. The topological polar surface area (TPSA) is 33.1 Å². The fourth-order valence-corrected chi connectivity index (χ4v) is 2.33. The number of pyridine rings is 1. The molecule has 1 unspecified atom stereocenters. The summed E-state index contributed by atoms with van der Waals surface area (Å²) in [6.07, 6.45) is 1.71. The zero-order valence-corrected chi connectivity index (χ0v) is 11.0. The molecule has 1 heterocycles. The normalized spacial score (nSPS) is 14.2. The third-order valence-electron chi connectivity index (χ3n) is 3.55. The Morgan fingerprint density at radius 1 is 1.00 bits per heavy atom. The van der Waals surface area contributed by atoms with Crippen molar-refractivity contribution < 1.29 is 9.50 Å². The summed E-state index contributed by atoms with van der Waals surface area (Å²) in [6, 6.07) is 15.4. The molecule has 0 spiro atoms. The van der Waals surface area contributed by atoms with Crippen LogP contribution in [-0.4, -0.2) is 10.1 Å². The molecule has 0 fully saturated rings. The van der Waals surface area contributed by atoms with Gasteiger partial charge >= 0.3 is 0 Å². The smallest absolute Gasteiger partial charge is 0.123 e. The van der Waals surface area contributed by atoms with Gasteiger partial charge in [-0.25, -0.2) is 4.39 Å². The van der Waals surface area contributed by atoms with Crippen molar-refractivity contribution in [2.45, 2.75) is 12.5 Å². The van der Waals surface area contributed by atoms with E-state index in [4.69, 9.17) is 0 Å². The molecule has 3 rings (SSSR count). The molecule has 3 aromatic rings. The first-order chi connectivity index (χ1) is 9.57. The monoisotopic (exact) mass is 267 g/mol. The standard InChI is InChI=1S/C17H14FNO/c1-17(20,13-5-2-6-15(18)10-13)14-8-7-12-4-3-9-19-16(12)11-14/h2-11,20H,1H3. The van der Waals surface area contributed by atoms with Crippen molar-refractivity contribution in [1.82, 2.24) is 4.98 Å². The van der Waals surface area contributed by atoms with Crippen molar-refractivity contribution in [2.75, 3.05) is 0 Å². The number of aromatic nitrogens is 1. The number of fused-ring (bicyclic) bond motifs is 1. The lowest BCUT2D eigenvalue weighted by Crippen LogP contribution is -2.22. The van der Waals surface area contributed by atoms with Crippen LogP contribution in [0.15, 0.2) is 60.8 Å². The summed E-state index contributed by atoms with van der Waals surface area (Å²) in [6.45, 7) is 1.66. The fourth-order valence-electron chi connectivity index (χ4n) is 2.33. The Kier molecular flexibility index (Phi) is 2.99. The molecule has 0 aliphatic heterocycles. The molecule has 0 saturated heterocycles. The zero-order valence-electron chi connectivity index (χ0n) is 11.0. The van der Waals surface area contributed by atoms with Gasteiger partial charge in [-0.3, -0.25) is 4.98 Å². The van der Waals surface area contributed by atoms with E-state index in [2.05, 4.69) is 4.98 Å². The molecule has 1 N–H and O–H groups in total. The quantitative estimate of drug-likeness (QED) is 0.769. The summed E-state index contributed by atoms with van der Waals surface area (Å²) >= 11 is 0. The third-order valence-corrected chi connectivity index (χ3v) is 3.55. The predicted octanol–water partition coefficient (Wildman–Crippen LogP) is 3.63. The highest BCUT2D eigenvalue weighted by Gasteiger charge is 2.26. The summed E-state index contributed by atoms with van der Waals surface area (Å²) in [5.41, 5.74) is 0.761. The predicted molar refractivity (Wildman–Crippen MR) is 76.8 cm³/mol. The van der Waals surface area contributed by atoms with E-state index in [0.717, 1.165) is 10.9 Å². The Hall–Kier alpha value is -2.26. The van der Waals surface area contributed by atoms with Crippen LogP contribution >= 0.6 is 0 Å². The lowest BCUT2D eigenvalue weighted by atomic mass is 9.87. The number of hydrogen-bond donors (Lipinski definition) is 1. The first-order valence-corrected chi connectivity index (χ1v) is 6.41. The van der Waals surface area contributed by atoms with Crippen LogP contribution in [0.5, 0.6) is 0 Å². The largest absolute Gasteiger partial charge is 0.381 e. The van der Waals surface area contributed by atoms with Gasteiger partial charge in [0.1, 0.15) is 11.4 Å². The van der Waals surface area contributed by atoms with Crippen LogP contribution in [0, 0.1) is 5.82 Å². The van der Waals surface area contributed by atoms with Crippen LogP contribution in [0.4, 0.5) is 4.39 Å². The maximum atomic E-state index is 13.3. The van der Waals surface area contributed by atoms with Crippen LogP contribution in [0.1, 0.15) is 18.1 Å². The van der Waals surface area contributed by atoms with E-state index in [1.807, 2.05) is 30.3 Å². The summed E-state index contributed by atoms with van der Waals surface area (Å²) in [5.74, 6) is -0.360. The number of nitrogens with zero attached hydrogens (tertiary/aromatic N) is 1. The van der Waals surface area contributed by atoms with Gasteiger partial charge in [0.15, 0.2) is 0 Å². The SMILES string of the molecule is CC(O)(c1cccc(F)c1)c1ccc2cccnc2c1. The van der Waals surface area contributed by atoms with Crippen molar-refractivity contribution in [3.63, 3.8) is 0 Å². The third kappa shape index (κ3) is 2.17. The van der Waals surface area contributed by atoms with Crippen LogP contribution < -0.4 is 0 Å². The first-order valence-electron chi connectivity index (χ1n) is 6.41. The number of rotatable bonds is 2. The Morgan fingerprint density at radius 3 is 2.60 bits per heavy atom. The lowest BCUT2D eigenvalue weighted by Gasteiger charge is -2.24. The highest BCUT2D eigenvalue weighted by atomic mass is 19.1. The van der Waals surface area contributed by atoms with Gasteiger partial charge in [0.05, 0.1) is 5.52 Å². The second-order valence-corrected chi connectivity index (χ2v) is 4.99. The molecule has 20 heavy (non-hydrogen) atoms. The molecule has 1 atom stereocenters. The van der Waals surface area contributed by atoms with E-state index in [-0.39, 0.29) is 5.82 Å². The maximum absolute atomic E-state index is 13.3. The molecule has 0 saturated carbocycles. The minimum atomic E-state index is -1.26. The van der Waals surface area contributed by atoms with Gasteiger partial charge in [0.2, 0.25) is 0 Å². The van der Waals surface area contributed by atoms with Crippen molar-refractivity contribution >= 4 is 10.9 Å². The second kappa shape index (κ2) is 4.69. The molecule has 2 aromatic carbocycles. The minimum Gasteiger partial charge on any atom is -0.381 e. The van der Waals surface area contributed by atoms with E-state index >= 15 is 0 Å². The summed E-state index contributed by atoms with van der Waals surface area (Å²) in [4.78, 5) is 4.28. The Labute approximate surface area is 116 Å². The molecule has 0 aliphatic rings. The van der Waals surface area contributed by atoms with Crippen LogP contribution in [-0.2, 0) is 5.60 Å². The molecule has 0 aliphatic carbocycles. The van der Waals surface area contributed by atoms with Gasteiger partial charge in [-0.1, -0.05) is 30.3 Å². The van der Waals surface area contributed by atoms with E-state index in [9.17, 15) is 9.50 Å². The Bertz CT molecular complexity index is 768. The van der Waals surface area contributed by atoms with Crippen LogP contribution in [0.2, 0.25) is 0 Å². The average Bonchev–Trinajstić information content (AvgIpc) is 2.46. The van der Waals surface area contributed by atoms with Gasteiger partial charge in [-0.15, -0.1) is 0 Å². The molecule has 0 radical (unpaired) electrons. The summed E-state index contributed by atoms with van der Waals surface area (Å²) in [7, 11) is 0. The highest BCUT2D eigenvalue weighted by Crippen LogP contribution is 2.30. The van der Waals surface area contributed by atoms with Crippen molar-refractivity contribution in [1.29, 1.82) is 0 Å². The van der Waals surface area contributed by atoms with Crippen LogP contribution in [0.25, 0.3) is 10.9 Å². The van der Waals surface area contributed by atoms with Gasteiger partial charge in [-0.05, 0) is 42.3 Å². The summed E-state index contributed by atoms with van der Waals surface area (Å²) in [5, 5.41) is 11.8.